The van der Waals surface area contributed by atoms with Gasteiger partial charge in [-0.05, 0) is 58.3 Å². The van der Waals surface area contributed by atoms with Crippen LogP contribution in [0.25, 0.3) is 16.8 Å². The molecule has 156 valence electrons. The number of nitrogens with zero attached hydrogens (tertiary/aromatic N) is 1. The Morgan fingerprint density at radius 2 is 1.75 bits per heavy atom. The topological polar surface area (TPSA) is 62.1 Å². The van der Waals surface area contributed by atoms with Gasteiger partial charge < -0.3 is 10.1 Å². The molecule has 0 aliphatic heterocycles. The van der Waals surface area contributed by atoms with Crippen molar-refractivity contribution in [3.8, 4) is 11.8 Å². The van der Waals surface area contributed by atoms with E-state index in [0.717, 1.165) is 16.3 Å². The highest BCUT2D eigenvalue weighted by atomic mass is 35.5. The molecular formula is C27H19ClN2O2. The summed E-state index contributed by atoms with van der Waals surface area (Å²) in [7, 11) is 0. The highest BCUT2D eigenvalue weighted by Gasteiger charge is 2.10. The molecule has 5 heteroatoms. The summed E-state index contributed by atoms with van der Waals surface area (Å²) in [4.78, 5) is 12.5. The number of nitrogens with one attached hydrogen (secondary N) is 1. The largest absolute Gasteiger partial charge is 0.489 e. The number of amides is 1. The van der Waals surface area contributed by atoms with Gasteiger partial charge in [0.15, 0.2) is 0 Å². The van der Waals surface area contributed by atoms with Crippen molar-refractivity contribution in [3.05, 3.63) is 113 Å². The summed E-state index contributed by atoms with van der Waals surface area (Å²) in [6, 6.07) is 30.3. The Morgan fingerprint density at radius 3 is 2.59 bits per heavy atom. The van der Waals surface area contributed by atoms with Crippen LogP contribution in [0.5, 0.6) is 5.75 Å². The lowest BCUT2D eigenvalue weighted by Gasteiger charge is -2.10. The summed E-state index contributed by atoms with van der Waals surface area (Å²) in [6.45, 7) is 0.412. The lowest BCUT2D eigenvalue weighted by molar-refractivity contribution is -0.112. The van der Waals surface area contributed by atoms with E-state index in [-0.39, 0.29) is 5.57 Å². The summed E-state index contributed by atoms with van der Waals surface area (Å²) in [6.07, 6.45) is 1.53. The number of hydrogen-bond acceptors (Lipinski definition) is 3. The summed E-state index contributed by atoms with van der Waals surface area (Å²) in [5.74, 6) is 0.149. The molecule has 0 aliphatic rings. The summed E-state index contributed by atoms with van der Waals surface area (Å²) >= 11 is 5.95. The molecule has 0 radical (unpaired) electrons. The van der Waals surface area contributed by atoms with Crippen molar-refractivity contribution in [2.24, 2.45) is 0 Å². The molecule has 0 spiro atoms. The number of rotatable bonds is 6. The molecule has 0 fully saturated rings. The summed E-state index contributed by atoms with van der Waals surface area (Å²) in [5.41, 5.74) is 2.29. The van der Waals surface area contributed by atoms with Crippen LogP contribution in [-0.4, -0.2) is 5.91 Å². The first-order valence-electron chi connectivity index (χ1n) is 10.0. The molecule has 4 aromatic carbocycles. The van der Waals surface area contributed by atoms with Gasteiger partial charge in [-0.2, -0.15) is 5.26 Å². The number of nitriles is 1. The van der Waals surface area contributed by atoms with Crippen LogP contribution in [0.15, 0.2) is 96.6 Å². The molecule has 0 aliphatic carbocycles. The molecule has 0 atom stereocenters. The molecule has 0 saturated carbocycles. The van der Waals surface area contributed by atoms with Crippen molar-refractivity contribution in [1.29, 1.82) is 5.26 Å². The van der Waals surface area contributed by atoms with Gasteiger partial charge in [-0.3, -0.25) is 4.79 Å². The van der Waals surface area contributed by atoms with Crippen molar-refractivity contribution in [2.45, 2.75) is 6.61 Å². The highest BCUT2D eigenvalue weighted by molar-refractivity contribution is 6.31. The fraction of sp³-hybridized carbons (Fsp3) is 0.0370. The van der Waals surface area contributed by atoms with Crippen molar-refractivity contribution in [2.75, 3.05) is 5.32 Å². The third-order valence-corrected chi connectivity index (χ3v) is 5.13. The van der Waals surface area contributed by atoms with E-state index in [9.17, 15) is 10.1 Å². The Hall–Kier alpha value is -4.07. The number of ether oxygens (including phenoxy) is 1. The number of carbonyl (C=O) groups is 1. The second-order valence-electron chi connectivity index (χ2n) is 7.13. The maximum atomic E-state index is 12.5. The standard InChI is InChI=1S/C27H19ClN2O2/c28-23-10-5-11-24(16-23)30-27(31)22(17-29)14-19-6-3-12-25(15-19)32-18-21-9-4-8-20-7-1-2-13-26(20)21/h1-16H,18H2,(H,30,31)/b22-14+. The van der Waals surface area contributed by atoms with Gasteiger partial charge in [-0.1, -0.05) is 72.3 Å². The lowest BCUT2D eigenvalue weighted by Crippen LogP contribution is -2.13. The van der Waals surface area contributed by atoms with Crippen LogP contribution < -0.4 is 10.1 Å². The first-order chi connectivity index (χ1) is 15.6. The number of carbonyl (C=O) groups excluding carboxylic acids is 1. The Bertz CT molecular complexity index is 1350. The molecule has 1 amide bonds. The van der Waals surface area contributed by atoms with Gasteiger partial charge in [-0.25, -0.2) is 0 Å². The highest BCUT2D eigenvalue weighted by Crippen LogP contribution is 2.22. The molecule has 4 rings (SSSR count). The van der Waals surface area contributed by atoms with E-state index in [1.54, 1.807) is 30.3 Å². The van der Waals surface area contributed by atoms with Crippen molar-refractivity contribution < 1.29 is 9.53 Å². The Labute approximate surface area is 191 Å². The van der Waals surface area contributed by atoms with Gasteiger partial charge in [0.2, 0.25) is 0 Å². The molecule has 32 heavy (non-hydrogen) atoms. The van der Waals surface area contributed by atoms with Gasteiger partial charge in [0.1, 0.15) is 24.0 Å². The predicted molar refractivity (Wildman–Crippen MR) is 128 cm³/mol. The van der Waals surface area contributed by atoms with Crippen LogP contribution in [0.1, 0.15) is 11.1 Å². The molecule has 4 aromatic rings. The fourth-order valence-electron chi connectivity index (χ4n) is 3.35. The average Bonchev–Trinajstić information content (AvgIpc) is 2.81. The van der Waals surface area contributed by atoms with Crippen LogP contribution in [-0.2, 0) is 11.4 Å². The van der Waals surface area contributed by atoms with Gasteiger partial charge in [0.25, 0.3) is 5.91 Å². The third kappa shape index (κ3) is 5.15. The van der Waals surface area contributed by atoms with Gasteiger partial charge in [0, 0.05) is 10.7 Å². The minimum atomic E-state index is -0.503. The van der Waals surface area contributed by atoms with Crippen LogP contribution in [0.2, 0.25) is 5.02 Å². The van der Waals surface area contributed by atoms with Crippen LogP contribution in [0, 0.1) is 11.3 Å². The molecule has 0 aromatic heterocycles. The van der Waals surface area contributed by atoms with Gasteiger partial charge >= 0.3 is 0 Å². The van der Waals surface area contributed by atoms with Crippen molar-refractivity contribution >= 4 is 40.0 Å². The van der Waals surface area contributed by atoms with E-state index >= 15 is 0 Å². The Kier molecular flexibility index (Phi) is 6.50. The van der Waals surface area contributed by atoms with E-state index in [1.807, 2.05) is 48.5 Å². The molecule has 0 unspecified atom stereocenters. The second-order valence-corrected chi connectivity index (χ2v) is 7.57. The number of hydrogen-bond donors (Lipinski definition) is 1. The summed E-state index contributed by atoms with van der Waals surface area (Å²) < 4.78 is 6.00. The van der Waals surface area contributed by atoms with Crippen molar-refractivity contribution in [3.63, 3.8) is 0 Å². The first-order valence-corrected chi connectivity index (χ1v) is 10.4. The molecular weight excluding hydrogens is 420 g/mol. The van der Waals surface area contributed by atoms with Gasteiger partial charge in [0.05, 0.1) is 0 Å². The number of halogens is 1. The van der Waals surface area contributed by atoms with E-state index in [4.69, 9.17) is 16.3 Å². The molecule has 1 N–H and O–H groups in total. The zero-order valence-corrected chi connectivity index (χ0v) is 17.8. The van der Waals surface area contributed by atoms with E-state index in [0.29, 0.717) is 28.6 Å². The molecule has 0 saturated heterocycles. The van der Waals surface area contributed by atoms with Crippen molar-refractivity contribution in [1.82, 2.24) is 0 Å². The fourth-order valence-corrected chi connectivity index (χ4v) is 3.54. The van der Waals surface area contributed by atoms with E-state index < -0.39 is 5.91 Å². The molecule has 0 bridgehead atoms. The van der Waals surface area contributed by atoms with Crippen LogP contribution >= 0.6 is 11.6 Å². The maximum absolute atomic E-state index is 12.5. The zero-order valence-electron chi connectivity index (χ0n) is 17.1. The maximum Gasteiger partial charge on any atom is 0.266 e. The monoisotopic (exact) mass is 438 g/mol. The Balaban J connectivity index is 1.49. The number of benzene rings is 4. The molecule has 4 nitrogen and oxygen atoms in total. The predicted octanol–water partition coefficient (Wildman–Crippen LogP) is 6.62. The zero-order chi connectivity index (χ0) is 22.3. The van der Waals surface area contributed by atoms with Crippen LogP contribution in [0.4, 0.5) is 5.69 Å². The summed E-state index contributed by atoms with van der Waals surface area (Å²) in [5, 5.41) is 15.0. The third-order valence-electron chi connectivity index (χ3n) is 4.89. The Morgan fingerprint density at radius 1 is 0.969 bits per heavy atom. The van der Waals surface area contributed by atoms with E-state index in [2.05, 4.69) is 23.5 Å². The molecule has 0 heterocycles. The number of anilines is 1. The smallest absolute Gasteiger partial charge is 0.266 e. The van der Waals surface area contributed by atoms with Gasteiger partial charge in [-0.15, -0.1) is 0 Å². The SMILES string of the molecule is N#C/C(=C\c1cccc(OCc2cccc3ccccc23)c1)C(=O)Nc1cccc(Cl)c1. The quantitative estimate of drug-likeness (QED) is 0.272. The van der Waals surface area contributed by atoms with Crippen LogP contribution in [0.3, 0.4) is 0 Å². The number of fused-ring (bicyclic) bond motifs is 1. The second kappa shape index (κ2) is 9.82. The minimum Gasteiger partial charge on any atom is -0.489 e. The lowest BCUT2D eigenvalue weighted by atomic mass is 10.1. The normalized spacial score (nSPS) is 11.1. The van der Waals surface area contributed by atoms with E-state index in [1.165, 1.54) is 6.08 Å². The average molecular weight is 439 g/mol. The first kappa shape index (κ1) is 21.2. The minimum absolute atomic E-state index is 0.0174.